The van der Waals surface area contributed by atoms with Gasteiger partial charge in [0.25, 0.3) is 5.56 Å². The predicted molar refractivity (Wildman–Crippen MR) is 109 cm³/mol. The van der Waals surface area contributed by atoms with E-state index in [0.717, 1.165) is 16.8 Å². The lowest BCUT2D eigenvalue weighted by atomic mass is 9.98. The van der Waals surface area contributed by atoms with Gasteiger partial charge in [-0.2, -0.15) is 0 Å². The third kappa shape index (κ3) is 4.25. The number of carbonyl (C=O) groups is 1. The molecule has 0 unspecified atom stereocenters. The number of hydrogen-bond donors (Lipinski definition) is 1. The number of hydrogen-bond acceptors (Lipinski definition) is 3. The lowest BCUT2D eigenvalue weighted by Crippen LogP contribution is -2.22. The summed E-state index contributed by atoms with van der Waals surface area (Å²) in [6.45, 7) is 6.70. The van der Waals surface area contributed by atoms with Gasteiger partial charge in [-0.1, -0.05) is 44.2 Å². The Bertz CT molecular complexity index is 1020. The first-order valence-electron chi connectivity index (χ1n) is 9.31. The number of amides is 1. The molecule has 27 heavy (non-hydrogen) atoms. The van der Waals surface area contributed by atoms with Crippen molar-refractivity contribution in [3.8, 4) is 0 Å². The highest BCUT2D eigenvalue weighted by atomic mass is 16.1. The van der Waals surface area contributed by atoms with E-state index in [-0.39, 0.29) is 11.5 Å². The van der Waals surface area contributed by atoms with Crippen LogP contribution < -0.4 is 10.9 Å². The fourth-order valence-corrected chi connectivity index (χ4v) is 3.22. The van der Waals surface area contributed by atoms with E-state index < -0.39 is 0 Å². The van der Waals surface area contributed by atoms with Crippen molar-refractivity contribution in [3.63, 3.8) is 0 Å². The molecule has 0 saturated heterocycles. The number of aryl methyl sites for hydroxylation is 2. The maximum Gasteiger partial charge on any atom is 0.261 e. The zero-order valence-corrected chi connectivity index (χ0v) is 16.0. The zero-order chi connectivity index (χ0) is 19.4. The molecule has 3 rings (SSSR count). The Morgan fingerprint density at radius 2 is 1.93 bits per heavy atom. The van der Waals surface area contributed by atoms with E-state index in [0.29, 0.717) is 36.2 Å². The largest absolute Gasteiger partial charge is 0.326 e. The molecular weight excluding hydrogens is 338 g/mol. The van der Waals surface area contributed by atoms with Gasteiger partial charge in [0.2, 0.25) is 5.91 Å². The number of nitrogens with one attached hydrogen (secondary N) is 1. The molecule has 0 saturated carbocycles. The van der Waals surface area contributed by atoms with Gasteiger partial charge in [0, 0.05) is 18.7 Å². The second-order valence-corrected chi connectivity index (χ2v) is 7.11. The quantitative estimate of drug-likeness (QED) is 0.712. The molecule has 1 N–H and O–H groups in total. The molecule has 1 amide bonds. The van der Waals surface area contributed by atoms with E-state index in [1.165, 1.54) is 0 Å². The summed E-state index contributed by atoms with van der Waals surface area (Å²) in [5.41, 5.74) is 3.73. The van der Waals surface area contributed by atoms with Crippen LogP contribution in [0.5, 0.6) is 0 Å². The fraction of sp³-hybridized carbons (Fsp3) is 0.318. The number of nitrogens with zero attached hydrogens (tertiary/aromatic N) is 2. The van der Waals surface area contributed by atoms with Gasteiger partial charge in [0.15, 0.2) is 0 Å². The molecule has 0 fully saturated rings. The van der Waals surface area contributed by atoms with Crippen molar-refractivity contribution in [2.24, 2.45) is 0 Å². The molecular formula is C22H25N3O2. The van der Waals surface area contributed by atoms with Crippen molar-refractivity contribution in [1.29, 1.82) is 0 Å². The number of para-hydroxylation sites is 2. The van der Waals surface area contributed by atoms with Crippen molar-refractivity contribution >= 4 is 22.5 Å². The van der Waals surface area contributed by atoms with Crippen LogP contribution >= 0.6 is 0 Å². The standard InChI is InChI=1S/C22H25N3O2/c1-15(2)17-10-6-8-16(3)21(17)24-20(26)12-7-13-25-14-23-19-11-5-4-9-18(19)22(25)27/h4-6,8-11,14-15H,7,12-13H2,1-3H3,(H,24,26). The average molecular weight is 363 g/mol. The Morgan fingerprint density at radius 1 is 1.15 bits per heavy atom. The number of carbonyl (C=O) groups excluding carboxylic acids is 1. The minimum absolute atomic E-state index is 0.0343. The highest BCUT2D eigenvalue weighted by molar-refractivity contribution is 5.92. The summed E-state index contributed by atoms with van der Waals surface area (Å²) >= 11 is 0. The molecule has 0 atom stereocenters. The molecule has 1 aromatic heterocycles. The van der Waals surface area contributed by atoms with Crippen LogP contribution in [0.1, 0.15) is 43.7 Å². The third-order valence-electron chi connectivity index (χ3n) is 4.73. The molecule has 5 heteroatoms. The Hall–Kier alpha value is -2.95. The molecule has 140 valence electrons. The van der Waals surface area contributed by atoms with Crippen LogP contribution in [0.15, 0.2) is 53.6 Å². The van der Waals surface area contributed by atoms with Crippen LogP contribution in [-0.4, -0.2) is 15.5 Å². The van der Waals surface area contributed by atoms with Gasteiger partial charge in [-0.25, -0.2) is 4.98 Å². The second kappa shape index (κ2) is 8.16. The first-order valence-corrected chi connectivity index (χ1v) is 9.31. The molecule has 0 aliphatic carbocycles. The first-order chi connectivity index (χ1) is 13.0. The minimum Gasteiger partial charge on any atom is -0.326 e. The van der Waals surface area contributed by atoms with Crippen LogP contribution in [0, 0.1) is 6.92 Å². The molecule has 1 heterocycles. The highest BCUT2D eigenvalue weighted by Crippen LogP contribution is 2.27. The summed E-state index contributed by atoms with van der Waals surface area (Å²) in [5.74, 6) is 0.301. The smallest absolute Gasteiger partial charge is 0.261 e. The number of fused-ring (bicyclic) bond motifs is 1. The Labute approximate surface area is 159 Å². The minimum atomic E-state index is -0.0676. The average Bonchev–Trinajstić information content (AvgIpc) is 2.65. The lowest BCUT2D eigenvalue weighted by molar-refractivity contribution is -0.116. The van der Waals surface area contributed by atoms with Crippen molar-refractivity contribution < 1.29 is 4.79 Å². The van der Waals surface area contributed by atoms with Crippen molar-refractivity contribution in [2.75, 3.05) is 5.32 Å². The molecule has 0 spiro atoms. The second-order valence-electron chi connectivity index (χ2n) is 7.11. The van der Waals surface area contributed by atoms with Gasteiger partial charge in [-0.3, -0.25) is 14.2 Å². The molecule has 0 radical (unpaired) electrons. The number of aromatic nitrogens is 2. The number of benzene rings is 2. The zero-order valence-electron chi connectivity index (χ0n) is 16.0. The fourth-order valence-electron chi connectivity index (χ4n) is 3.22. The van der Waals surface area contributed by atoms with Crippen LogP contribution in [0.4, 0.5) is 5.69 Å². The molecule has 0 aliphatic heterocycles. The molecule has 0 aliphatic rings. The van der Waals surface area contributed by atoms with Crippen molar-refractivity contribution in [1.82, 2.24) is 9.55 Å². The maximum absolute atomic E-state index is 12.5. The van der Waals surface area contributed by atoms with E-state index in [9.17, 15) is 9.59 Å². The van der Waals surface area contributed by atoms with E-state index in [4.69, 9.17) is 0 Å². The molecule has 5 nitrogen and oxygen atoms in total. The van der Waals surface area contributed by atoms with Gasteiger partial charge in [-0.15, -0.1) is 0 Å². The van der Waals surface area contributed by atoms with E-state index in [1.807, 2.05) is 43.3 Å². The van der Waals surface area contributed by atoms with Crippen molar-refractivity contribution in [3.05, 3.63) is 70.3 Å². The topological polar surface area (TPSA) is 64.0 Å². The van der Waals surface area contributed by atoms with Crippen LogP contribution in [-0.2, 0) is 11.3 Å². The van der Waals surface area contributed by atoms with Gasteiger partial charge in [-0.05, 0) is 42.5 Å². The van der Waals surface area contributed by atoms with Crippen LogP contribution in [0.25, 0.3) is 10.9 Å². The molecule has 2 aromatic carbocycles. The summed E-state index contributed by atoms with van der Waals surface area (Å²) < 4.78 is 1.57. The van der Waals surface area contributed by atoms with E-state index in [1.54, 1.807) is 17.0 Å². The Balaban J connectivity index is 1.64. The number of anilines is 1. The van der Waals surface area contributed by atoms with Crippen molar-refractivity contribution in [2.45, 2.75) is 46.1 Å². The Morgan fingerprint density at radius 3 is 2.70 bits per heavy atom. The SMILES string of the molecule is Cc1cccc(C(C)C)c1NC(=O)CCCn1cnc2ccccc2c1=O. The summed E-state index contributed by atoms with van der Waals surface area (Å²) in [6, 6.07) is 13.4. The van der Waals surface area contributed by atoms with Gasteiger partial charge < -0.3 is 5.32 Å². The predicted octanol–water partition coefficient (Wildman–Crippen LogP) is 4.25. The van der Waals surface area contributed by atoms with E-state index >= 15 is 0 Å². The summed E-state index contributed by atoms with van der Waals surface area (Å²) in [6.07, 6.45) is 2.49. The Kier molecular flexibility index (Phi) is 5.69. The van der Waals surface area contributed by atoms with Crippen LogP contribution in [0.2, 0.25) is 0 Å². The summed E-state index contributed by atoms with van der Waals surface area (Å²) in [5, 5.41) is 3.65. The normalized spacial score (nSPS) is 11.1. The summed E-state index contributed by atoms with van der Waals surface area (Å²) in [4.78, 5) is 29.2. The third-order valence-corrected chi connectivity index (χ3v) is 4.73. The van der Waals surface area contributed by atoms with Crippen LogP contribution in [0.3, 0.4) is 0 Å². The molecule has 3 aromatic rings. The summed E-state index contributed by atoms with van der Waals surface area (Å²) in [7, 11) is 0. The molecule has 0 bridgehead atoms. The van der Waals surface area contributed by atoms with Gasteiger partial charge in [0.05, 0.1) is 17.2 Å². The first kappa shape index (κ1) is 18.8. The van der Waals surface area contributed by atoms with Gasteiger partial charge in [0.1, 0.15) is 0 Å². The highest BCUT2D eigenvalue weighted by Gasteiger charge is 2.12. The number of rotatable bonds is 6. The van der Waals surface area contributed by atoms with E-state index in [2.05, 4.69) is 24.1 Å². The maximum atomic E-state index is 12.5. The monoisotopic (exact) mass is 363 g/mol. The lowest BCUT2D eigenvalue weighted by Gasteiger charge is -2.16. The van der Waals surface area contributed by atoms with Gasteiger partial charge >= 0.3 is 0 Å².